The van der Waals surface area contributed by atoms with E-state index < -0.39 is 0 Å². The molecule has 8 nitrogen and oxygen atoms in total. The van der Waals surface area contributed by atoms with Gasteiger partial charge in [0.1, 0.15) is 5.82 Å². The number of hydrogen-bond acceptors (Lipinski definition) is 5. The first kappa shape index (κ1) is 25.9. The summed E-state index contributed by atoms with van der Waals surface area (Å²) in [6, 6.07) is 4.35. The third kappa shape index (κ3) is 8.30. The molecule has 0 aromatic carbocycles. The Balaban J connectivity index is 2.00. The van der Waals surface area contributed by atoms with Crippen molar-refractivity contribution < 1.29 is 4.79 Å². The number of aromatic nitrogens is 1. The first-order chi connectivity index (χ1) is 15.5. The van der Waals surface area contributed by atoms with Crippen molar-refractivity contribution in [1.29, 1.82) is 0 Å². The maximum absolute atomic E-state index is 11.7. The third-order valence-corrected chi connectivity index (χ3v) is 6.13. The molecule has 1 saturated heterocycles. The summed E-state index contributed by atoms with van der Waals surface area (Å²) >= 11 is 0. The highest BCUT2D eigenvalue weighted by Crippen LogP contribution is 2.25. The van der Waals surface area contributed by atoms with Crippen LogP contribution in [0.4, 0.5) is 5.82 Å². The molecule has 2 rings (SSSR count). The van der Waals surface area contributed by atoms with Gasteiger partial charge in [0.05, 0.1) is 12.5 Å². The fourth-order valence-electron chi connectivity index (χ4n) is 4.19. The zero-order chi connectivity index (χ0) is 23.3. The van der Waals surface area contributed by atoms with E-state index in [-0.39, 0.29) is 11.8 Å². The Bertz CT molecular complexity index is 720. The van der Waals surface area contributed by atoms with Crippen LogP contribution in [0.25, 0.3) is 0 Å². The van der Waals surface area contributed by atoms with Gasteiger partial charge in [-0.05, 0) is 65.2 Å². The standard InChI is InChI=1S/C24H43N7O/c1-5-26-24(29-19(4)11-9-15-30(6-2)7-3)28-17-20-12-8-14-27-23(20)31-16-10-13-21(18-31)22(25)32/h8,12,14,19,21H,5-7,9-11,13,15-18H2,1-4H3,(H2,25,32)(H2,26,28,29). The molecule has 1 amide bonds. The second kappa shape index (κ2) is 13.9. The van der Waals surface area contributed by atoms with Gasteiger partial charge in [-0.2, -0.15) is 0 Å². The van der Waals surface area contributed by atoms with Crippen molar-refractivity contribution >= 4 is 17.7 Å². The van der Waals surface area contributed by atoms with Crippen molar-refractivity contribution in [1.82, 2.24) is 20.5 Å². The van der Waals surface area contributed by atoms with Crippen molar-refractivity contribution in [3.63, 3.8) is 0 Å². The number of piperidine rings is 1. The molecule has 180 valence electrons. The van der Waals surface area contributed by atoms with Crippen LogP contribution < -0.4 is 21.3 Å². The van der Waals surface area contributed by atoms with Gasteiger partial charge in [-0.3, -0.25) is 4.79 Å². The number of rotatable bonds is 12. The monoisotopic (exact) mass is 445 g/mol. The van der Waals surface area contributed by atoms with E-state index in [2.05, 4.69) is 59.2 Å². The number of nitrogens with two attached hydrogens (primary N) is 1. The molecule has 2 heterocycles. The van der Waals surface area contributed by atoms with E-state index in [4.69, 9.17) is 10.7 Å². The van der Waals surface area contributed by atoms with Gasteiger partial charge in [-0.15, -0.1) is 0 Å². The fraction of sp³-hybridized carbons (Fsp3) is 0.708. The molecule has 0 spiro atoms. The van der Waals surface area contributed by atoms with Crippen LogP contribution in [-0.4, -0.2) is 67.1 Å². The topological polar surface area (TPSA) is 98.9 Å². The average molecular weight is 446 g/mol. The molecule has 4 N–H and O–H groups in total. The normalized spacial score (nSPS) is 18.0. The van der Waals surface area contributed by atoms with E-state index in [0.29, 0.717) is 19.1 Å². The Morgan fingerprint density at radius 1 is 1.38 bits per heavy atom. The minimum atomic E-state index is -0.223. The van der Waals surface area contributed by atoms with Crippen molar-refractivity contribution in [3.8, 4) is 0 Å². The van der Waals surface area contributed by atoms with Crippen LogP contribution in [0.1, 0.15) is 58.9 Å². The molecule has 0 aliphatic carbocycles. The molecule has 0 saturated carbocycles. The summed E-state index contributed by atoms with van der Waals surface area (Å²) in [4.78, 5) is 25.8. The van der Waals surface area contributed by atoms with Gasteiger partial charge in [-0.25, -0.2) is 9.98 Å². The molecule has 0 radical (unpaired) electrons. The zero-order valence-corrected chi connectivity index (χ0v) is 20.4. The van der Waals surface area contributed by atoms with Crippen LogP contribution in [0.3, 0.4) is 0 Å². The van der Waals surface area contributed by atoms with E-state index in [9.17, 15) is 4.79 Å². The number of carbonyl (C=O) groups is 1. The molecule has 1 aliphatic rings. The number of guanidine groups is 1. The van der Waals surface area contributed by atoms with Gasteiger partial charge < -0.3 is 26.2 Å². The minimum absolute atomic E-state index is 0.113. The van der Waals surface area contributed by atoms with E-state index in [1.807, 2.05) is 6.07 Å². The SMILES string of the molecule is CCNC(=NCc1cccnc1N1CCCC(C(N)=O)C1)NC(C)CCCN(CC)CC. The molecule has 2 atom stereocenters. The molecule has 1 aliphatic heterocycles. The Labute approximate surface area is 194 Å². The Hall–Kier alpha value is -2.35. The lowest BCUT2D eigenvalue weighted by atomic mass is 9.97. The molecule has 1 aromatic rings. The fourth-order valence-corrected chi connectivity index (χ4v) is 4.19. The van der Waals surface area contributed by atoms with Crippen LogP contribution in [0, 0.1) is 5.92 Å². The maximum Gasteiger partial charge on any atom is 0.222 e. The number of amides is 1. The number of nitrogens with zero attached hydrogens (tertiary/aromatic N) is 4. The number of nitrogens with one attached hydrogen (secondary N) is 2. The number of anilines is 1. The first-order valence-corrected chi connectivity index (χ1v) is 12.2. The molecule has 0 bridgehead atoms. The lowest BCUT2D eigenvalue weighted by molar-refractivity contribution is -0.122. The lowest BCUT2D eigenvalue weighted by Crippen LogP contribution is -2.43. The second-order valence-corrected chi connectivity index (χ2v) is 8.58. The minimum Gasteiger partial charge on any atom is -0.369 e. The molecular weight excluding hydrogens is 402 g/mol. The smallest absolute Gasteiger partial charge is 0.222 e. The predicted molar refractivity (Wildman–Crippen MR) is 133 cm³/mol. The first-order valence-electron chi connectivity index (χ1n) is 12.2. The molecular formula is C24H43N7O. The lowest BCUT2D eigenvalue weighted by Gasteiger charge is -2.33. The van der Waals surface area contributed by atoms with Gasteiger partial charge in [0, 0.05) is 37.4 Å². The largest absolute Gasteiger partial charge is 0.369 e. The van der Waals surface area contributed by atoms with Crippen LogP contribution in [0.5, 0.6) is 0 Å². The number of pyridine rings is 1. The Kier molecular flexibility index (Phi) is 11.3. The van der Waals surface area contributed by atoms with Crippen LogP contribution in [0.2, 0.25) is 0 Å². The zero-order valence-electron chi connectivity index (χ0n) is 20.4. The highest BCUT2D eigenvalue weighted by atomic mass is 16.1. The van der Waals surface area contributed by atoms with E-state index >= 15 is 0 Å². The molecule has 32 heavy (non-hydrogen) atoms. The summed E-state index contributed by atoms with van der Waals surface area (Å²) in [5, 5.41) is 6.90. The van der Waals surface area contributed by atoms with E-state index in [0.717, 1.165) is 75.7 Å². The molecule has 2 unspecified atom stereocenters. The molecule has 1 aromatic heterocycles. The number of aliphatic imine (C=N–C) groups is 1. The summed E-state index contributed by atoms with van der Waals surface area (Å²) in [6.07, 6.45) is 5.87. The van der Waals surface area contributed by atoms with Crippen LogP contribution in [0.15, 0.2) is 23.3 Å². The van der Waals surface area contributed by atoms with Crippen molar-refractivity contribution in [2.45, 2.75) is 66.0 Å². The third-order valence-electron chi connectivity index (χ3n) is 6.13. The summed E-state index contributed by atoms with van der Waals surface area (Å²) in [5.74, 6) is 1.40. The predicted octanol–water partition coefficient (Wildman–Crippen LogP) is 2.35. The highest BCUT2D eigenvalue weighted by molar-refractivity contribution is 5.80. The second-order valence-electron chi connectivity index (χ2n) is 8.58. The number of primary amides is 1. The van der Waals surface area contributed by atoms with Crippen molar-refractivity contribution in [2.75, 3.05) is 44.2 Å². The summed E-state index contributed by atoms with van der Waals surface area (Å²) in [6.45, 7) is 14.9. The van der Waals surface area contributed by atoms with E-state index in [1.165, 1.54) is 0 Å². The molecule has 8 heteroatoms. The Morgan fingerprint density at radius 3 is 2.84 bits per heavy atom. The van der Waals surface area contributed by atoms with Gasteiger partial charge in [0.15, 0.2) is 5.96 Å². The van der Waals surface area contributed by atoms with Crippen molar-refractivity contribution in [2.24, 2.45) is 16.6 Å². The average Bonchev–Trinajstić information content (AvgIpc) is 2.80. The van der Waals surface area contributed by atoms with Gasteiger partial charge in [0.25, 0.3) is 0 Å². The highest BCUT2D eigenvalue weighted by Gasteiger charge is 2.25. The number of hydrogen-bond donors (Lipinski definition) is 3. The van der Waals surface area contributed by atoms with Gasteiger partial charge in [-0.1, -0.05) is 19.9 Å². The summed E-state index contributed by atoms with van der Waals surface area (Å²) in [7, 11) is 0. The molecule has 1 fully saturated rings. The maximum atomic E-state index is 11.7. The van der Waals surface area contributed by atoms with E-state index in [1.54, 1.807) is 6.20 Å². The summed E-state index contributed by atoms with van der Waals surface area (Å²) in [5.41, 5.74) is 6.62. The van der Waals surface area contributed by atoms with Crippen molar-refractivity contribution in [3.05, 3.63) is 23.9 Å². The summed E-state index contributed by atoms with van der Waals surface area (Å²) < 4.78 is 0. The quantitative estimate of drug-likeness (QED) is 0.337. The van der Waals surface area contributed by atoms with Gasteiger partial charge >= 0.3 is 0 Å². The van der Waals surface area contributed by atoms with Crippen LogP contribution in [-0.2, 0) is 11.3 Å². The Morgan fingerprint density at radius 2 is 2.16 bits per heavy atom. The van der Waals surface area contributed by atoms with Crippen LogP contribution >= 0.6 is 0 Å². The number of carbonyl (C=O) groups excluding carboxylic acids is 1. The van der Waals surface area contributed by atoms with Gasteiger partial charge in [0.2, 0.25) is 5.91 Å².